The normalized spacial score (nSPS) is 13.0. The minimum Gasteiger partial charge on any atom is -0.404 e. The Morgan fingerprint density at radius 1 is 1.61 bits per heavy atom. The van der Waals surface area contributed by atoms with E-state index in [0.717, 1.165) is 6.20 Å². The number of nitrogens with zero attached hydrogens (tertiary/aromatic N) is 3. The number of allylic oxidation sites excluding steroid dienone is 3. The number of halogens is 1. The van der Waals surface area contributed by atoms with Gasteiger partial charge in [0.25, 0.3) is 0 Å². The lowest BCUT2D eigenvalue weighted by atomic mass is 10.2. The molecule has 1 aromatic heterocycles. The van der Waals surface area contributed by atoms with Crippen LogP contribution in [0.4, 0.5) is 10.2 Å². The number of aliphatic imine (C=N–C) groups is 1. The van der Waals surface area contributed by atoms with Crippen LogP contribution in [0.2, 0.25) is 0 Å². The standard InChI is InChI=1S/C11H11FN4O2/c1-8(16(17)18)4-9(5-13)6-14-11-3-2-10(12)7-15-11/h2-7H,13H2,1H3/b8-4+,9-5?,14-6?. The number of aromatic nitrogens is 1. The van der Waals surface area contributed by atoms with Crippen molar-refractivity contribution < 1.29 is 9.31 Å². The van der Waals surface area contributed by atoms with Gasteiger partial charge in [0.1, 0.15) is 5.82 Å². The van der Waals surface area contributed by atoms with Gasteiger partial charge in [-0.2, -0.15) is 0 Å². The van der Waals surface area contributed by atoms with E-state index in [1.165, 1.54) is 37.5 Å². The number of pyridine rings is 1. The average Bonchev–Trinajstić information content (AvgIpc) is 2.35. The maximum Gasteiger partial charge on any atom is 0.243 e. The topological polar surface area (TPSA) is 94.4 Å². The number of rotatable bonds is 4. The van der Waals surface area contributed by atoms with Crippen molar-refractivity contribution in [2.75, 3.05) is 0 Å². The van der Waals surface area contributed by atoms with Gasteiger partial charge in [-0.05, 0) is 12.1 Å². The molecule has 0 fully saturated rings. The van der Waals surface area contributed by atoms with Gasteiger partial charge in [0.15, 0.2) is 5.82 Å². The first kappa shape index (κ1) is 13.5. The fraction of sp³-hybridized carbons (Fsp3) is 0.0909. The fourth-order valence-electron chi connectivity index (χ4n) is 1.01. The molecular weight excluding hydrogens is 239 g/mol. The Labute approximate surface area is 103 Å². The predicted molar refractivity (Wildman–Crippen MR) is 65.4 cm³/mol. The molecule has 6 nitrogen and oxygen atoms in total. The first-order chi connectivity index (χ1) is 8.52. The highest BCUT2D eigenvalue weighted by molar-refractivity contribution is 5.83. The molecule has 0 atom stereocenters. The van der Waals surface area contributed by atoms with Crippen LogP contribution < -0.4 is 5.73 Å². The van der Waals surface area contributed by atoms with Crippen molar-refractivity contribution in [3.8, 4) is 0 Å². The van der Waals surface area contributed by atoms with Gasteiger partial charge in [-0.1, -0.05) is 0 Å². The number of nitro groups is 1. The molecular formula is C11H11FN4O2. The second-order valence-corrected chi connectivity index (χ2v) is 3.30. The molecule has 1 rings (SSSR count). The molecule has 0 aromatic carbocycles. The lowest BCUT2D eigenvalue weighted by molar-refractivity contribution is -0.424. The van der Waals surface area contributed by atoms with Crippen molar-refractivity contribution in [3.63, 3.8) is 0 Å². The molecule has 0 aliphatic heterocycles. The van der Waals surface area contributed by atoms with Crippen molar-refractivity contribution in [1.29, 1.82) is 0 Å². The lowest BCUT2D eigenvalue weighted by Gasteiger charge is -1.94. The monoisotopic (exact) mass is 250 g/mol. The molecule has 18 heavy (non-hydrogen) atoms. The molecule has 1 heterocycles. The third kappa shape index (κ3) is 4.12. The summed E-state index contributed by atoms with van der Waals surface area (Å²) in [6.45, 7) is 1.34. The molecule has 7 heteroatoms. The molecule has 0 saturated carbocycles. The van der Waals surface area contributed by atoms with Gasteiger partial charge in [0, 0.05) is 31.0 Å². The van der Waals surface area contributed by atoms with E-state index in [1.807, 2.05) is 0 Å². The second-order valence-electron chi connectivity index (χ2n) is 3.30. The molecule has 0 radical (unpaired) electrons. The quantitative estimate of drug-likeness (QED) is 0.382. The highest BCUT2D eigenvalue weighted by Gasteiger charge is 2.02. The van der Waals surface area contributed by atoms with E-state index < -0.39 is 10.7 Å². The smallest absolute Gasteiger partial charge is 0.243 e. The van der Waals surface area contributed by atoms with Crippen LogP contribution in [0.5, 0.6) is 0 Å². The maximum atomic E-state index is 12.6. The third-order valence-electron chi connectivity index (χ3n) is 1.91. The van der Waals surface area contributed by atoms with Crippen LogP contribution >= 0.6 is 0 Å². The number of hydrogen-bond donors (Lipinski definition) is 1. The van der Waals surface area contributed by atoms with Crippen molar-refractivity contribution in [3.05, 3.63) is 57.8 Å². The summed E-state index contributed by atoms with van der Waals surface area (Å²) in [5.41, 5.74) is 5.60. The summed E-state index contributed by atoms with van der Waals surface area (Å²) in [6, 6.07) is 2.59. The Kier molecular flexibility index (Phi) is 4.67. The molecule has 0 saturated heterocycles. The molecule has 0 bridgehead atoms. The van der Waals surface area contributed by atoms with E-state index in [9.17, 15) is 14.5 Å². The van der Waals surface area contributed by atoms with Crippen molar-refractivity contribution in [1.82, 2.24) is 4.98 Å². The van der Waals surface area contributed by atoms with E-state index in [4.69, 9.17) is 5.73 Å². The van der Waals surface area contributed by atoms with E-state index in [0.29, 0.717) is 5.57 Å². The Morgan fingerprint density at radius 2 is 2.33 bits per heavy atom. The summed E-state index contributed by atoms with van der Waals surface area (Å²) in [5.74, 6) is -0.185. The molecule has 0 aliphatic rings. The Bertz CT molecular complexity index is 520. The summed E-state index contributed by atoms with van der Waals surface area (Å²) in [4.78, 5) is 17.5. The molecule has 1 aromatic rings. The van der Waals surface area contributed by atoms with Crippen molar-refractivity contribution >= 4 is 12.0 Å². The predicted octanol–water partition coefficient (Wildman–Crippen LogP) is 1.95. The van der Waals surface area contributed by atoms with E-state index >= 15 is 0 Å². The largest absolute Gasteiger partial charge is 0.404 e. The van der Waals surface area contributed by atoms with Crippen LogP contribution in [-0.4, -0.2) is 16.1 Å². The van der Waals surface area contributed by atoms with Gasteiger partial charge in [0.05, 0.1) is 11.1 Å². The summed E-state index contributed by atoms with van der Waals surface area (Å²) >= 11 is 0. The summed E-state index contributed by atoms with van der Waals surface area (Å²) in [6.07, 6.45) is 4.79. The van der Waals surface area contributed by atoms with Crippen LogP contribution in [0.25, 0.3) is 0 Å². The van der Waals surface area contributed by atoms with E-state index in [1.54, 1.807) is 0 Å². The second kappa shape index (κ2) is 6.24. The third-order valence-corrected chi connectivity index (χ3v) is 1.91. The summed E-state index contributed by atoms with van der Waals surface area (Å²) in [7, 11) is 0. The SMILES string of the molecule is C/C(=C\C(C=Nc1ccc(F)cn1)=CN)[N+](=O)[O-]. The highest BCUT2D eigenvalue weighted by atomic mass is 19.1. The summed E-state index contributed by atoms with van der Waals surface area (Å²) < 4.78 is 12.6. The number of hydrogen-bond acceptors (Lipinski definition) is 5. The van der Waals surface area contributed by atoms with Gasteiger partial charge in [0.2, 0.25) is 5.70 Å². The highest BCUT2D eigenvalue weighted by Crippen LogP contribution is 2.08. The van der Waals surface area contributed by atoms with Gasteiger partial charge >= 0.3 is 0 Å². The van der Waals surface area contributed by atoms with Gasteiger partial charge in [-0.15, -0.1) is 0 Å². The average molecular weight is 250 g/mol. The van der Waals surface area contributed by atoms with Crippen LogP contribution in [-0.2, 0) is 0 Å². The van der Waals surface area contributed by atoms with Gasteiger partial charge in [-0.25, -0.2) is 14.4 Å². The fourth-order valence-corrected chi connectivity index (χ4v) is 1.01. The zero-order valence-electron chi connectivity index (χ0n) is 9.58. The van der Waals surface area contributed by atoms with Gasteiger partial charge in [-0.3, -0.25) is 10.1 Å². The number of nitrogens with two attached hydrogens (primary N) is 1. The Balaban J connectivity index is 2.85. The molecule has 2 N–H and O–H groups in total. The zero-order valence-corrected chi connectivity index (χ0v) is 9.58. The zero-order chi connectivity index (χ0) is 13.5. The van der Waals surface area contributed by atoms with Crippen molar-refractivity contribution in [2.24, 2.45) is 10.7 Å². The first-order valence-corrected chi connectivity index (χ1v) is 4.93. The summed E-state index contributed by atoms with van der Waals surface area (Å²) in [5, 5.41) is 10.4. The molecule has 0 amide bonds. The Hall–Kier alpha value is -2.57. The van der Waals surface area contributed by atoms with E-state index in [2.05, 4.69) is 9.98 Å². The van der Waals surface area contributed by atoms with E-state index in [-0.39, 0.29) is 11.5 Å². The van der Waals surface area contributed by atoms with Crippen LogP contribution in [0, 0.1) is 15.9 Å². The van der Waals surface area contributed by atoms with Crippen LogP contribution in [0.15, 0.2) is 46.9 Å². The van der Waals surface area contributed by atoms with Gasteiger partial charge < -0.3 is 5.73 Å². The first-order valence-electron chi connectivity index (χ1n) is 4.93. The minimum atomic E-state index is -0.534. The maximum absolute atomic E-state index is 12.6. The van der Waals surface area contributed by atoms with Crippen LogP contribution in [0.3, 0.4) is 0 Å². The van der Waals surface area contributed by atoms with Crippen molar-refractivity contribution in [2.45, 2.75) is 6.92 Å². The minimum absolute atomic E-state index is 0.0646. The lowest BCUT2D eigenvalue weighted by Crippen LogP contribution is -1.96. The molecule has 94 valence electrons. The molecule has 0 unspecified atom stereocenters. The molecule has 0 spiro atoms. The Morgan fingerprint density at radius 3 is 2.83 bits per heavy atom. The van der Waals surface area contributed by atoms with Crippen LogP contribution in [0.1, 0.15) is 6.92 Å². The molecule has 0 aliphatic carbocycles.